The quantitative estimate of drug-likeness (QED) is 0.642. The van der Waals surface area contributed by atoms with Gasteiger partial charge in [0.05, 0.1) is 13.7 Å². The van der Waals surface area contributed by atoms with E-state index in [1.54, 1.807) is 14.2 Å². The molecule has 1 aliphatic heterocycles. The summed E-state index contributed by atoms with van der Waals surface area (Å²) < 4.78 is 10.9. The second-order valence-electron chi connectivity index (χ2n) is 6.94. The second kappa shape index (κ2) is 7.43. The van der Waals surface area contributed by atoms with Crippen LogP contribution in [0.2, 0.25) is 0 Å². The van der Waals surface area contributed by atoms with Crippen molar-refractivity contribution in [2.45, 2.75) is 24.7 Å². The first-order valence-corrected chi connectivity index (χ1v) is 8.80. The van der Waals surface area contributed by atoms with Crippen molar-refractivity contribution in [3.63, 3.8) is 0 Å². The number of nitrogens with zero attached hydrogens (tertiary/aromatic N) is 2. The Morgan fingerprint density at radius 2 is 2.12 bits per heavy atom. The Balaban J connectivity index is 1.62. The molecule has 5 heteroatoms. The molecular weight excluding hydrogens is 302 g/mol. The largest absolute Gasteiger partial charge is 0.496 e. The predicted molar refractivity (Wildman–Crippen MR) is 96.8 cm³/mol. The molecule has 24 heavy (non-hydrogen) atoms. The van der Waals surface area contributed by atoms with Crippen LogP contribution >= 0.6 is 0 Å². The number of likely N-dealkylation sites (tertiary alicyclic amines) is 1. The number of ether oxygens (including phenoxy) is 2. The van der Waals surface area contributed by atoms with Gasteiger partial charge in [0.1, 0.15) is 5.75 Å². The van der Waals surface area contributed by atoms with E-state index in [4.69, 9.17) is 9.47 Å². The molecule has 1 N–H and O–H groups in total. The van der Waals surface area contributed by atoms with Crippen molar-refractivity contribution in [1.82, 2.24) is 10.2 Å². The van der Waals surface area contributed by atoms with Gasteiger partial charge in [0, 0.05) is 50.7 Å². The molecular formula is C19H29N3O2. The van der Waals surface area contributed by atoms with Crippen LogP contribution in [0.15, 0.2) is 29.3 Å². The van der Waals surface area contributed by atoms with Crippen molar-refractivity contribution in [2.24, 2.45) is 10.9 Å². The molecule has 0 radical (unpaired) electrons. The van der Waals surface area contributed by atoms with E-state index in [2.05, 4.69) is 33.4 Å². The molecule has 1 heterocycles. The van der Waals surface area contributed by atoms with Gasteiger partial charge in [-0.1, -0.05) is 18.2 Å². The van der Waals surface area contributed by atoms with Crippen LogP contribution in [-0.4, -0.2) is 58.4 Å². The Labute approximate surface area is 145 Å². The molecule has 0 spiro atoms. The number of guanidine groups is 1. The van der Waals surface area contributed by atoms with E-state index >= 15 is 0 Å². The Morgan fingerprint density at radius 1 is 1.33 bits per heavy atom. The lowest BCUT2D eigenvalue weighted by Crippen LogP contribution is -2.43. The second-order valence-corrected chi connectivity index (χ2v) is 6.94. The standard InChI is InChI=1S/C19H29N3O2/c1-20-18(22-11-8-15(12-22)13-23-2)21-14-19(9-10-19)16-6-4-5-7-17(16)24-3/h4-7,15H,8-14H2,1-3H3,(H,20,21). The minimum atomic E-state index is 0.189. The highest BCUT2D eigenvalue weighted by atomic mass is 16.5. The van der Waals surface area contributed by atoms with E-state index in [0.717, 1.165) is 38.0 Å². The van der Waals surface area contributed by atoms with Crippen molar-refractivity contribution in [3.8, 4) is 5.75 Å². The van der Waals surface area contributed by atoms with Crippen molar-refractivity contribution in [2.75, 3.05) is 47.5 Å². The van der Waals surface area contributed by atoms with Gasteiger partial charge in [-0.05, 0) is 25.3 Å². The minimum Gasteiger partial charge on any atom is -0.496 e. The number of methoxy groups -OCH3 is 2. The number of para-hydroxylation sites is 1. The zero-order valence-corrected chi connectivity index (χ0v) is 15.0. The van der Waals surface area contributed by atoms with E-state index in [9.17, 15) is 0 Å². The van der Waals surface area contributed by atoms with Gasteiger partial charge in [-0.2, -0.15) is 0 Å². The molecule has 2 fully saturated rings. The lowest BCUT2D eigenvalue weighted by atomic mass is 9.95. The minimum absolute atomic E-state index is 0.189. The average Bonchev–Trinajstić information content (AvgIpc) is 3.27. The monoisotopic (exact) mass is 331 g/mol. The Kier molecular flexibility index (Phi) is 5.29. The van der Waals surface area contributed by atoms with Gasteiger partial charge < -0.3 is 19.7 Å². The van der Waals surface area contributed by atoms with E-state index in [-0.39, 0.29) is 5.41 Å². The number of hydrogen-bond donors (Lipinski definition) is 1. The summed E-state index contributed by atoms with van der Waals surface area (Å²) in [7, 11) is 5.40. The number of hydrogen-bond acceptors (Lipinski definition) is 3. The molecule has 0 aromatic heterocycles. The summed E-state index contributed by atoms with van der Waals surface area (Å²) in [4.78, 5) is 6.84. The predicted octanol–water partition coefficient (Wildman–Crippen LogP) is 2.27. The number of aliphatic imine (C=N–C) groups is 1. The van der Waals surface area contributed by atoms with Crippen LogP contribution in [0.4, 0.5) is 0 Å². The van der Waals surface area contributed by atoms with E-state index in [0.29, 0.717) is 5.92 Å². The highest BCUT2D eigenvalue weighted by molar-refractivity contribution is 5.80. The zero-order chi connectivity index (χ0) is 17.0. The van der Waals surface area contributed by atoms with Gasteiger partial charge in [-0.3, -0.25) is 4.99 Å². The van der Waals surface area contributed by atoms with Gasteiger partial charge in [-0.15, -0.1) is 0 Å². The fourth-order valence-electron chi connectivity index (χ4n) is 3.75. The van der Waals surface area contributed by atoms with Crippen LogP contribution in [0.1, 0.15) is 24.8 Å². The first kappa shape index (κ1) is 17.1. The fourth-order valence-corrected chi connectivity index (χ4v) is 3.75. The number of nitrogens with one attached hydrogen (secondary N) is 1. The maximum absolute atomic E-state index is 5.56. The summed E-state index contributed by atoms with van der Waals surface area (Å²) in [6.45, 7) is 3.81. The van der Waals surface area contributed by atoms with Crippen LogP contribution in [0, 0.1) is 5.92 Å². The molecule has 0 bridgehead atoms. The lowest BCUT2D eigenvalue weighted by Gasteiger charge is -2.25. The van der Waals surface area contributed by atoms with Crippen molar-refractivity contribution < 1.29 is 9.47 Å². The lowest BCUT2D eigenvalue weighted by molar-refractivity contribution is 0.157. The van der Waals surface area contributed by atoms with Crippen LogP contribution in [0.3, 0.4) is 0 Å². The molecule has 1 atom stereocenters. The molecule has 1 saturated heterocycles. The van der Waals surface area contributed by atoms with Gasteiger partial charge in [-0.25, -0.2) is 0 Å². The van der Waals surface area contributed by atoms with Crippen molar-refractivity contribution in [3.05, 3.63) is 29.8 Å². The average molecular weight is 331 g/mol. The van der Waals surface area contributed by atoms with Gasteiger partial charge in [0.25, 0.3) is 0 Å². The third-order valence-corrected chi connectivity index (χ3v) is 5.32. The molecule has 2 aliphatic rings. The number of rotatable bonds is 6. The van der Waals surface area contributed by atoms with Gasteiger partial charge in [0.15, 0.2) is 5.96 Å². The molecule has 1 aliphatic carbocycles. The topological polar surface area (TPSA) is 46.1 Å². The van der Waals surface area contributed by atoms with E-state index < -0.39 is 0 Å². The summed E-state index contributed by atoms with van der Waals surface area (Å²) in [5, 5.41) is 3.61. The SMILES string of the molecule is CN=C(NCC1(c2ccccc2OC)CC1)N1CCC(COC)C1. The smallest absolute Gasteiger partial charge is 0.193 e. The summed E-state index contributed by atoms with van der Waals surface area (Å²) in [5.41, 5.74) is 1.50. The van der Waals surface area contributed by atoms with Gasteiger partial charge >= 0.3 is 0 Å². The van der Waals surface area contributed by atoms with Crippen LogP contribution in [0.25, 0.3) is 0 Å². The van der Waals surface area contributed by atoms with Crippen molar-refractivity contribution >= 4 is 5.96 Å². The highest BCUT2D eigenvalue weighted by Crippen LogP contribution is 2.50. The fraction of sp³-hybridized carbons (Fsp3) is 0.632. The summed E-state index contributed by atoms with van der Waals surface area (Å²) >= 11 is 0. The molecule has 1 saturated carbocycles. The molecule has 1 aromatic carbocycles. The maximum atomic E-state index is 5.56. The third-order valence-electron chi connectivity index (χ3n) is 5.32. The van der Waals surface area contributed by atoms with Crippen LogP contribution in [0.5, 0.6) is 5.75 Å². The van der Waals surface area contributed by atoms with E-state index in [1.165, 1.54) is 24.8 Å². The van der Waals surface area contributed by atoms with E-state index in [1.807, 2.05) is 13.1 Å². The molecule has 1 aromatic rings. The van der Waals surface area contributed by atoms with Crippen molar-refractivity contribution in [1.29, 1.82) is 0 Å². The summed E-state index contributed by atoms with van der Waals surface area (Å²) in [6.07, 6.45) is 3.57. The zero-order valence-electron chi connectivity index (χ0n) is 15.0. The maximum Gasteiger partial charge on any atom is 0.193 e. The highest BCUT2D eigenvalue weighted by Gasteiger charge is 2.46. The molecule has 3 rings (SSSR count). The van der Waals surface area contributed by atoms with Gasteiger partial charge in [0.2, 0.25) is 0 Å². The summed E-state index contributed by atoms with van der Waals surface area (Å²) in [5.74, 6) is 2.61. The first-order valence-electron chi connectivity index (χ1n) is 8.80. The molecule has 5 nitrogen and oxygen atoms in total. The Morgan fingerprint density at radius 3 is 2.79 bits per heavy atom. The van der Waals surface area contributed by atoms with Crippen LogP contribution < -0.4 is 10.1 Å². The summed E-state index contributed by atoms with van der Waals surface area (Å²) in [6, 6.07) is 8.38. The molecule has 0 amide bonds. The molecule has 132 valence electrons. The Bertz CT molecular complexity index is 584. The normalized spacial score (nSPS) is 22.5. The molecule has 1 unspecified atom stereocenters. The Hall–Kier alpha value is -1.75. The third kappa shape index (κ3) is 3.51. The first-order chi connectivity index (χ1) is 11.7. The van der Waals surface area contributed by atoms with Crippen LogP contribution in [-0.2, 0) is 10.2 Å². The number of benzene rings is 1.